The van der Waals surface area contributed by atoms with E-state index in [1.165, 1.54) is 5.56 Å². The zero-order chi connectivity index (χ0) is 14.3. The molecule has 1 aromatic carbocycles. The molecule has 1 heterocycles. The van der Waals surface area contributed by atoms with Crippen LogP contribution in [0.25, 0.3) is 0 Å². The molecule has 0 amide bonds. The number of phenols is 1. The molecule has 0 fully saturated rings. The van der Waals surface area contributed by atoms with E-state index < -0.39 is 6.10 Å². The second-order valence-electron chi connectivity index (χ2n) is 4.19. The SMILES string of the molecule is CC(O)c1ccc(O)cc1.CNc1ncccc1C. The van der Waals surface area contributed by atoms with Gasteiger partial charge >= 0.3 is 0 Å². The zero-order valence-electron chi connectivity index (χ0n) is 11.5. The van der Waals surface area contributed by atoms with Gasteiger partial charge in [-0.25, -0.2) is 4.98 Å². The van der Waals surface area contributed by atoms with Crippen LogP contribution in [0.2, 0.25) is 0 Å². The van der Waals surface area contributed by atoms with E-state index >= 15 is 0 Å². The normalized spacial score (nSPS) is 11.2. The highest BCUT2D eigenvalue weighted by molar-refractivity contribution is 5.41. The molecule has 1 atom stereocenters. The number of rotatable bonds is 2. The van der Waals surface area contributed by atoms with Crippen molar-refractivity contribution in [3.63, 3.8) is 0 Å². The van der Waals surface area contributed by atoms with Crippen molar-refractivity contribution in [2.24, 2.45) is 0 Å². The monoisotopic (exact) mass is 260 g/mol. The molecule has 4 heteroatoms. The number of phenolic OH excluding ortho intramolecular Hbond substituents is 1. The van der Waals surface area contributed by atoms with Crippen LogP contribution in [0, 0.1) is 6.92 Å². The number of nitrogens with zero attached hydrogens (tertiary/aromatic N) is 1. The lowest BCUT2D eigenvalue weighted by molar-refractivity contribution is 0.199. The molecule has 0 radical (unpaired) electrons. The van der Waals surface area contributed by atoms with Crippen molar-refractivity contribution in [1.82, 2.24) is 4.98 Å². The summed E-state index contributed by atoms with van der Waals surface area (Å²) in [6.45, 7) is 3.71. The first-order chi connectivity index (χ1) is 9.04. The first-order valence-electron chi connectivity index (χ1n) is 6.11. The highest BCUT2D eigenvalue weighted by atomic mass is 16.3. The Balaban J connectivity index is 0.000000191. The second-order valence-corrected chi connectivity index (χ2v) is 4.19. The number of anilines is 1. The van der Waals surface area contributed by atoms with Gasteiger partial charge in [-0.15, -0.1) is 0 Å². The molecular weight excluding hydrogens is 240 g/mol. The average Bonchev–Trinajstić information content (AvgIpc) is 2.40. The minimum Gasteiger partial charge on any atom is -0.508 e. The first kappa shape index (κ1) is 15.0. The number of aliphatic hydroxyl groups excluding tert-OH is 1. The second kappa shape index (κ2) is 7.38. The predicted molar refractivity (Wildman–Crippen MR) is 77.3 cm³/mol. The van der Waals surface area contributed by atoms with Crippen LogP contribution >= 0.6 is 0 Å². The van der Waals surface area contributed by atoms with E-state index in [4.69, 9.17) is 10.2 Å². The van der Waals surface area contributed by atoms with Gasteiger partial charge in [0.1, 0.15) is 11.6 Å². The van der Waals surface area contributed by atoms with Crippen molar-refractivity contribution in [1.29, 1.82) is 0 Å². The van der Waals surface area contributed by atoms with Crippen molar-refractivity contribution in [3.05, 3.63) is 53.7 Å². The van der Waals surface area contributed by atoms with E-state index in [2.05, 4.69) is 10.3 Å². The molecule has 2 rings (SSSR count). The fourth-order valence-corrected chi connectivity index (χ4v) is 1.50. The Morgan fingerprint density at radius 1 is 1.16 bits per heavy atom. The third kappa shape index (κ3) is 4.97. The summed E-state index contributed by atoms with van der Waals surface area (Å²) in [6, 6.07) is 10.5. The fourth-order valence-electron chi connectivity index (χ4n) is 1.50. The Bertz CT molecular complexity index is 496. The molecule has 0 bridgehead atoms. The lowest BCUT2D eigenvalue weighted by atomic mass is 10.1. The summed E-state index contributed by atoms with van der Waals surface area (Å²) in [6.07, 6.45) is 1.32. The molecule has 0 aliphatic heterocycles. The lowest BCUT2D eigenvalue weighted by Gasteiger charge is -2.02. The van der Waals surface area contributed by atoms with Gasteiger partial charge < -0.3 is 15.5 Å². The van der Waals surface area contributed by atoms with Crippen LogP contribution in [0.5, 0.6) is 5.75 Å². The van der Waals surface area contributed by atoms with Gasteiger partial charge in [0.2, 0.25) is 0 Å². The van der Waals surface area contributed by atoms with Crippen LogP contribution in [0.3, 0.4) is 0 Å². The molecule has 0 spiro atoms. The smallest absolute Gasteiger partial charge is 0.128 e. The first-order valence-corrected chi connectivity index (χ1v) is 6.11. The number of aromatic nitrogens is 1. The van der Waals surface area contributed by atoms with E-state index in [0.29, 0.717) is 0 Å². The molecule has 1 aromatic heterocycles. The summed E-state index contributed by atoms with van der Waals surface area (Å²) in [5.74, 6) is 1.18. The van der Waals surface area contributed by atoms with Gasteiger partial charge in [-0.2, -0.15) is 0 Å². The van der Waals surface area contributed by atoms with Crippen molar-refractivity contribution in [2.45, 2.75) is 20.0 Å². The fraction of sp³-hybridized carbons (Fsp3) is 0.267. The molecule has 0 aliphatic carbocycles. The van der Waals surface area contributed by atoms with Crippen LogP contribution in [0.4, 0.5) is 5.82 Å². The molecule has 0 saturated carbocycles. The maximum absolute atomic E-state index is 9.03. The number of pyridine rings is 1. The van der Waals surface area contributed by atoms with Crippen molar-refractivity contribution in [3.8, 4) is 5.75 Å². The van der Waals surface area contributed by atoms with Crippen LogP contribution in [-0.2, 0) is 0 Å². The molecule has 19 heavy (non-hydrogen) atoms. The Morgan fingerprint density at radius 3 is 2.21 bits per heavy atom. The summed E-state index contributed by atoms with van der Waals surface area (Å²) >= 11 is 0. The van der Waals surface area contributed by atoms with Gasteiger partial charge in [0, 0.05) is 13.2 Å². The van der Waals surface area contributed by atoms with Crippen LogP contribution < -0.4 is 5.32 Å². The number of nitrogens with one attached hydrogen (secondary N) is 1. The van der Waals surface area contributed by atoms with Gasteiger partial charge in [-0.3, -0.25) is 0 Å². The van der Waals surface area contributed by atoms with E-state index in [9.17, 15) is 0 Å². The quantitative estimate of drug-likeness (QED) is 0.777. The minimum absolute atomic E-state index is 0.226. The van der Waals surface area contributed by atoms with Gasteiger partial charge in [0.25, 0.3) is 0 Å². The van der Waals surface area contributed by atoms with Gasteiger partial charge in [0.05, 0.1) is 6.10 Å². The molecule has 102 valence electrons. The summed E-state index contributed by atoms with van der Waals surface area (Å²) in [5.41, 5.74) is 2.00. The van der Waals surface area contributed by atoms with Gasteiger partial charge in [0.15, 0.2) is 0 Å². The van der Waals surface area contributed by atoms with E-state index in [0.717, 1.165) is 11.4 Å². The van der Waals surface area contributed by atoms with Crippen LogP contribution in [-0.4, -0.2) is 22.2 Å². The molecular formula is C15H20N2O2. The number of hydrogen-bond acceptors (Lipinski definition) is 4. The number of benzene rings is 1. The minimum atomic E-state index is -0.458. The Morgan fingerprint density at radius 2 is 1.79 bits per heavy atom. The maximum atomic E-state index is 9.03. The third-order valence-electron chi connectivity index (χ3n) is 2.62. The van der Waals surface area contributed by atoms with Crippen molar-refractivity contribution >= 4 is 5.82 Å². The van der Waals surface area contributed by atoms with E-state index in [1.807, 2.05) is 26.1 Å². The topological polar surface area (TPSA) is 65.4 Å². The largest absolute Gasteiger partial charge is 0.508 e. The highest BCUT2D eigenvalue weighted by Gasteiger charge is 1.97. The Kier molecular flexibility index (Phi) is 5.82. The highest BCUT2D eigenvalue weighted by Crippen LogP contribution is 2.15. The number of aliphatic hydroxyl groups is 1. The van der Waals surface area contributed by atoms with Crippen molar-refractivity contribution in [2.75, 3.05) is 12.4 Å². The molecule has 4 nitrogen and oxygen atoms in total. The summed E-state index contributed by atoms with van der Waals surface area (Å²) in [5, 5.41) is 20.9. The molecule has 0 aliphatic rings. The predicted octanol–water partition coefficient (Wildman–Crippen LogP) is 2.88. The Hall–Kier alpha value is -2.07. The van der Waals surface area contributed by atoms with E-state index in [-0.39, 0.29) is 5.75 Å². The average molecular weight is 260 g/mol. The molecule has 1 unspecified atom stereocenters. The van der Waals surface area contributed by atoms with Crippen LogP contribution in [0.1, 0.15) is 24.2 Å². The summed E-state index contributed by atoms with van der Waals surface area (Å²) < 4.78 is 0. The standard InChI is InChI=1S/C8H10O2.C7H10N2/c1-6(9)7-2-4-8(10)5-3-7;1-6-4-3-5-9-7(6)8-2/h2-6,9-10H,1H3;3-5H,1-2H3,(H,8,9). The third-order valence-corrected chi connectivity index (χ3v) is 2.62. The number of hydrogen-bond donors (Lipinski definition) is 3. The summed E-state index contributed by atoms with van der Waals surface area (Å²) in [4.78, 5) is 4.09. The molecule has 0 saturated heterocycles. The van der Waals surface area contributed by atoms with E-state index in [1.54, 1.807) is 37.4 Å². The maximum Gasteiger partial charge on any atom is 0.128 e. The van der Waals surface area contributed by atoms with Gasteiger partial charge in [-0.1, -0.05) is 18.2 Å². The van der Waals surface area contributed by atoms with Crippen molar-refractivity contribution < 1.29 is 10.2 Å². The molecule has 3 N–H and O–H groups in total. The summed E-state index contributed by atoms with van der Waals surface area (Å²) in [7, 11) is 1.87. The molecule has 2 aromatic rings. The lowest BCUT2D eigenvalue weighted by Crippen LogP contribution is -1.93. The van der Waals surface area contributed by atoms with Crippen LogP contribution in [0.15, 0.2) is 42.6 Å². The number of aromatic hydroxyl groups is 1. The number of aryl methyl sites for hydroxylation is 1. The zero-order valence-corrected chi connectivity index (χ0v) is 11.5. The Labute approximate surface area is 113 Å². The van der Waals surface area contributed by atoms with Gasteiger partial charge in [-0.05, 0) is 43.2 Å².